The van der Waals surface area contributed by atoms with Gasteiger partial charge in [0.05, 0.1) is 5.69 Å². The smallest absolute Gasteiger partial charge is 0.241 e. The molecule has 0 aromatic carbocycles. The third kappa shape index (κ3) is 2.19. The number of halogens is 1. The maximum Gasteiger partial charge on any atom is 0.241 e. The lowest BCUT2D eigenvalue weighted by atomic mass is 10.4. The van der Waals surface area contributed by atoms with Gasteiger partial charge in [0.1, 0.15) is 5.88 Å². The second kappa shape index (κ2) is 3.87. The van der Waals surface area contributed by atoms with Crippen molar-refractivity contribution in [3.63, 3.8) is 0 Å². The third-order valence-corrected chi connectivity index (χ3v) is 2.63. The molecule has 66 valence electrons. The molecular formula is C7H9ClN2OS. The molecule has 0 unspecified atom stereocenters. The molecule has 0 fully saturated rings. The molecule has 1 heterocycles. The molecular weight excluding hydrogens is 196 g/mol. The molecule has 1 N–H and O–H groups in total. The van der Waals surface area contributed by atoms with Gasteiger partial charge >= 0.3 is 0 Å². The number of hydrogen-bond donors (Lipinski definition) is 1. The molecule has 12 heavy (non-hydrogen) atoms. The van der Waals surface area contributed by atoms with E-state index >= 15 is 0 Å². The molecule has 0 radical (unpaired) electrons. The number of hydrogen-bond acceptors (Lipinski definition) is 3. The van der Waals surface area contributed by atoms with Crippen molar-refractivity contribution in [2.75, 3.05) is 11.2 Å². The SMILES string of the molecule is Cc1nc(NC(=O)CCl)sc1C. The zero-order chi connectivity index (χ0) is 9.14. The Kier molecular flexibility index (Phi) is 3.05. The Bertz CT molecular complexity index is 278. The predicted molar refractivity (Wildman–Crippen MR) is 50.9 cm³/mol. The molecule has 0 aliphatic carbocycles. The van der Waals surface area contributed by atoms with Crippen LogP contribution >= 0.6 is 22.9 Å². The van der Waals surface area contributed by atoms with E-state index in [9.17, 15) is 4.79 Å². The molecule has 1 aromatic heterocycles. The Labute approximate surface area is 79.8 Å². The van der Waals surface area contributed by atoms with Crippen LogP contribution in [0.25, 0.3) is 0 Å². The molecule has 0 bridgehead atoms. The monoisotopic (exact) mass is 204 g/mol. The normalized spacial score (nSPS) is 9.92. The predicted octanol–water partition coefficient (Wildman–Crippen LogP) is 1.94. The molecule has 5 heteroatoms. The van der Waals surface area contributed by atoms with Crippen LogP contribution in [0.5, 0.6) is 0 Å². The first kappa shape index (κ1) is 9.48. The van der Waals surface area contributed by atoms with Gasteiger partial charge in [0, 0.05) is 4.88 Å². The molecule has 3 nitrogen and oxygen atoms in total. The van der Waals surface area contributed by atoms with Crippen molar-refractivity contribution in [1.82, 2.24) is 4.98 Å². The fraction of sp³-hybridized carbons (Fsp3) is 0.429. The Balaban J connectivity index is 2.70. The summed E-state index contributed by atoms with van der Waals surface area (Å²) < 4.78 is 0. The van der Waals surface area contributed by atoms with Gasteiger partial charge in [-0.15, -0.1) is 22.9 Å². The molecule has 1 rings (SSSR count). The Morgan fingerprint density at radius 1 is 1.67 bits per heavy atom. The number of alkyl halides is 1. The fourth-order valence-electron chi connectivity index (χ4n) is 0.679. The van der Waals surface area contributed by atoms with Crippen LogP contribution in [-0.4, -0.2) is 16.8 Å². The van der Waals surface area contributed by atoms with E-state index in [0.29, 0.717) is 5.13 Å². The minimum Gasteiger partial charge on any atom is -0.301 e. The van der Waals surface area contributed by atoms with Gasteiger partial charge in [-0.1, -0.05) is 0 Å². The van der Waals surface area contributed by atoms with Crippen LogP contribution in [0.4, 0.5) is 5.13 Å². The first-order valence-electron chi connectivity index (χ1n) is 3.43. The molecule has 1 aromatic rings. The maximum absolute atomic E-state index is 10.8. The van der Waals surface area contributed by atoms with Gasteiger partial charge in [0.2, 0.25) is 5.91 Å². The van der Waals surface area contributed by atoms with E-state index in [4.69, 9.17) is 11.6 Å². The number of rotatable bonds is 2. The zero-order valence-corrected chi connectivity index (χ0v) is 8.42. The number of carbonyl (C=O) groups excluding carboxylic acids is 1. The summed E-state index contributed by atoms with van der Waals surface area (Å²) in [5, 5.41) is 3.21. The molecule has 0 aliphatic heterocycles. The second-order valence-corrected chi connectivity index (χ2v) is 3.81. The summed E-state index contributed by atoms with van der Waals surface area (Å²) in [6, 6.07) is 0. The van der Waals surface area contributed by atoms with Crippen LogP contribution in [0.1, 0.15) is 10.6 Å². The lowest BCUT2D eigenvalue weighted by molar-refractivity contribution is -0.113. The van der Waals surface area contributed by atoms with E-state index < -0.39 is 0 Å². The fourth-order valence-corrected chi connectivity index (χ4v) is 1.58. The lowest BCUT2D eigenvalue weighted by Crippen LogP contribution is -2.12. The van der Waals surface area contributed by atoms with Crippen LogP contribution < -0.4 is 5.32 Å². The highest BCUT2D eigenvalue weighted by atomic mass is 35.5. The van der Waals surface area contributed by atoms with Gasteiger partial charge in [0.15, 0.2) is 5.13 Å². The molecule has 1 amide bonds. The van der Waals surface area contributed by atoms with Gasteiger partial charge in [-0.05, 0) is 13.8 Å². The topological polar surface area (TPSA) is 42.0 Å². The average Bonchev–Trinajstić information content (AvgIpc) is 2.31. The van der Waals surface area contributed by atoms with Crippen molar-refractivity contribution in [3.8, 4) is 0 Å². The van der Waals surface area contributed by atoms with Crippen LogP contribution in [0.3, 0.4) is 0 Å². The first-order valence-corrected chi connectivity index (χ1v) is 4.78. The highest BCUT2D eigenvalue weighted by Crippen LogP contribution is 2.20. The van der Waals surface area contributed by atoms with Gasteiger partial charge in [-0.2, -0.15) is 0 Å². The Morgan fingerprint density at radius 3 is 2.75 bits per heavy atom. The van der Waals surface area contributed by atoms with Crippen LogP contribution in [0.2, 0.25) is 0 Å². The Hall–Kier alpha value is -0.610. The quantitative estimate of drug-likeness (QED) is 0.749. The molecule has 0 saturated heterocycles. The van der Waals surface area contributed by atoms with E-state index in [2.05, 4.69) is 10.3 Å². The standard InChI is InChI=1S/C7H9ClN2OS/c1-4-5(2)12-7(9-4)10-6(11)3-8/h3H2,1-2H3,(H,9,10,11). The largest absolute Gasteiger partial charge is 0.301 e. The van der Waals surface area contributed by atoms with Gasteiger partial charge in [-0.25, -0.2) is 4.98 Å². The molecule has 0 spiro atoms. The summed E-state index contributed by atoms with van der Waals surface area (Å²) in [4.78, 5) is 16.1. The number of aromatic nitrogens is 1. The summed E-state index contributed by atoms with van der Waals surface area (Å²) in [6.07, 6.45) is 0. The van der Waals surface area contributed by atoms with Crippen molar-refractivity contribution in [2.24, 2.45) is 0 Å². The van der Waals surface area contributed by atoms with Crippen molar-refractivity contribution in [1.29, 1.82) is 0 Å². The van der Waals surface area contributed by atoms with Crippen LogP contribution in [0, 0.1) is 13.8 Å². The highest BCUT2D eigenvalue weighted by molar-refractivity contribution is 7.15. The number of nitrogens with zero attached hydrogens (tertiary/aromatic N) is 1. The molecule has 0 aliphatic rings. The summed E-state index contributed by atoms with van der Waals surface area (Å²) in [7, 11) is 0. The number of aryl methyl sites for hydroxylation is 2. The van der Waals surface area contributed by atoms with Crippen molar-refractivity contribution in [2.45, 2.75) is 13.8 Å². The van der Waals surface area contributed by atoms with Crippen molar-refractivity contribution >= 4 is 34.0 Å². The third-order valence-electron chi connectivity index (χ3n) is 1.40. The number of anilines is 1. The molecule has 0 saturated carbocycles. The average molecular weight is 205 g/mol. The number of amides is 1. The number of carbonyl (C=O) groups is 1. The molecule has 0 atom stereocenters. The van der Waals surface area contributed by atoms with Gasteiger partial charge < -0.3 is 5.32 Å². The summed E-state index contributed by atoms with van der Waals surface area (Å²) in [5.74, 6) is -0.247. The van der Waals surface area contributed by atoms with Crippen molar-refractivity contribution < 1.29 is 4.79 Å². The first-order chi connectivity index (χ1) is 5.63. The van der Waals surface area contributed by atoms with Crippen LogP contribution in [-0.2, 0) is 4.79 Å². The summed E-state index contributed by atoms with van der Waals surface area (Å²) in [5.41, 5.74) is 0.949. The minimum atomic E-state index is -0.217. The summed E-state index contributed by atoms with van der Waals surface area (Å²) in [6.45, 7) is 3.87. The summed E-state index contributed by atoms with van der Waals surface area (Å²) >= 11 is 6.77. The second-order valence-electron chi connectivity index (χ2n) is 2.34. The minimum absolute atomic E-state index is 0.0301. The number of thiazole rings is 1. The van der Waals surface area contributed by atoms with Gasteiger partial charge in [0.25, 0.3) is 0 Å². The zero-order valence-electron chi connectivity index (χ0n) is 6.85. The lowest BCUT2D eigenvalue weighted by Gasteiger charge is -1.94. The maximum atomic E-state index is 10.8. The van der Waals surface area contributed by atoms with Crippen molar-refractivity contribution in [3.05, 3.63) is 10.6 Å². The van der Waals surface area contributed by atoms with E-state index in [1.54, 1.807) is 0 Å². The Morgan fingerprint density at radius 2 is 2.33 bits per heavy atom. The highest BCUT2D eigenvalue weighted by Gasteiger charge is 2.05. The number of nitrogens with one attached hydrogen (secondary N) is 1. The van der Waals surface area contributed by atoms with Crippen LogP contribution in [0.15, 0.2) is 0 Å². The van der Waals surface area contributed by atoms with E-state index in [1.807, 2.05) is 13.8 Å². The van der Waals surface area contributed by atoms with E-state index in [-0.39, 0.29) is 11.8 Å². The van der Waals surface area contributed by atoms with E-state index in [0.717, 1.165) is 10.6 Å². The van der Waals surface area contributed by atoms with E-state index in [1.165, 1.54) is 11.3 Å². The van der Waals surface area contributed by atoms with Gasteiger partial charge in [-0.3, -0.25) is 4.79 Å².